The first-order chi connectivity index (χ1) is 31.5. The van der Waals surface area contributed by atoms with E-state index in [2.05, 4.69) is 57.2 Å². The minimum Gasteiger partial charge on any atom is -0.462 e. The van der Waals surface area contributed by atoms with Gasteiger partial charge in [-0.25, -0.2) is 0 Å². The average molecular weight is 899 g/mol. The van der Waals surface area contributed by atoms with Gasteiger partial charge in [0.05, 0.1) is 0 Å². The van der Waals surface area contributed by atoms with Crippen LogP contribution in [0.1, 0.15) is 297 Å². The van der Waals surface area contributed by atoms with E-state index in [1.807, 2.05) is 0 Å². The fourth-order valence-corrected chi connectivity index (χ4v) is 8.22. The van der Waals surface area contributed by atoms with Crippen LogP contribution in [0.2, 0.25) is 0 Å². The lowest BCUT2D eigenvalue weighted by molar-refractivity contribution is -0.167. The number of unbranched alkanes of at least 4 members (excludes halogenated alkanes) is 34. The van der Waals surface area contributed by atoms with Crippen molar-refractivity contribution in [3.63, 3.8) is 0 Å². The SMILES string of the molecule is CC/C=C\C/C=C\C/C=C\CCCCCCCCCCCC(=O)OCC(COC(=O)CCCCCCCCCCC)OC(=O)CCCCCCCCCCCCCCCCCCCC. The van der Waals surface area contributed by atoms with Gasteiger partial charge in [0.1, 0.15) is 13.2 Å². The fraction of sp³-hybridized carbons (Fsp3) is 0.845. The van der Waals surface area contributed by atoms with Crippen LogP contribution >= 0.6 is 0 Å². The van der Waals surface area contributed by atoms with Crippen molar-refractivity contribution in [1.29, 1.82) is 0 Å². The molecule has 0 N–H and O–H groups in total. The first-order valence-corrected chi connectivity index (χ1v) is 28.0. The van der Waals surface area contributed by atoms with E-state index in [1.54, 1.807) is 0 Å². The third-order valence-electron chi connectivity index (χ3n) is 12.4. The lowest BCUT2D eigenvalue weighted by Gasteiger charge is -2.18. The van der Waals surface area contributed by atoms with Gasteiger partial charge in [-0.3, -0.25) is 14.4 Å². The van der Waals surface area contributed by atoms with Crippen LogP contribution in [0.5, 0.6) is 0 Å². The highest BCUT2D eigenvalue weighted by molar-refractivity contribution is 5.71. The zero-order valence-corrected chi connectivity index (χ0v) is 42.8. The summed E-state index contributed by atoms with van der Waals surface area (Å²) in [5, 5.41) is 0. The molecule has 0 aliphatic heterocycles. The van der Waals surface area contributed by atoms with E-state index in [9.17, 15) is 14.4 Å². The number of carbonyl (C=O) groups excluding carboxylic acids is 3. The largest absolute Gasteiger partial charge is 0.462 e. The van der Waals surface area contributed by atoms with Crippen molar-refractivity contribution in [2.24, 2.45) is 0 Å². The summed E-state index contributed by atoms with van der Waals surface area (Å²) in [6, 6.07) is 0. The molecule has 0 radical (unpaired) electrons. The molecule has 0 spiro atoms. The number of hydrogen-bond donors (Lipinski definition) is 0. The zero-order valence-electron chi connectivity index (χ0n) is 42.8. The molecule has 0 heterocycles. The van der Waals surface area contributed by atoms with Crippen molar-refractivity contribution in [2.75, 3.05) is 13.2 Å². The lowest BCUT2D eigenvalue weighted by Crippen LogP contribution is -2.30. The van der Waals surface area contributed by atoms with Crippen LogP contribution in [0.25, 0.3) is 0 Å². The smallest absolute Gasteiger partial charge is 0.306 e. The summed E-state index contributed by atoms with van der Waals surface area (Å²) in [5.41, 5.74) is 0. The monoisotopic (exact) mass is 899 g/mol. The Bertz CT molecular complexity index is 1080. The predicted octanol–water partition coefficient (Wildman–Crippen LogP) is 18.5. The molecule has 6 nitrogen and oxygen atoms in total. The van der Waals surface area contributed by atoms with Gasteiger partial charge in [0.25, 0.3) is 0 Å². The van der Waals surface area contributed by atoms with E-state index >= 15 is 0 Å². The molecule has 6 heteroatoms. The molecule has 0 aromatic heterocycles. The Morgan fingerprint density at radius 3 is 0.953 bits per heavy atom. The molecular formula is C58H106O6. The molecule has 64 heavy (non-hydrogen) atoms. The molecule has 374 valence electrons. The normalized spacial score (nSPS) is 12.2. The fourth-order valence-electron chi connectivity index (χ4n) is 8.22. The molecule has 1 unspecified atom stereocenters. The second kappa shape index (κ2) is 53.2. The summed E-state index contributed by atoms with van der Waals surface area (Å²) < 4.78 is 16.8. The van der Waals surface area contributed by atoms with Crippen molar-refractivity contribution in [3.05, 3.63) is 36.5 Å². The number of esters is 3. The molecule has 0 aromatic carbocycles. The Morgan fingerprint density at radius 1 is 0.328 bits per heavy atom. The quantitative estimate of drug-likeness (QED) is 0.0262. The van der Waals surface area contributed by atoms with Crippen LogP contribution in [0.15, 0.2) is 36.5 Å². The molecule has 0 aliphatic carbocycles. The highest BCUT2D eigenvalue weighted by atomic mass is 16.6. The third kappa shape index (κ3) is 50.6. The van der Waals surface area contributed by atoms with Gasteiger partial charge in [-0.15, -0.1) is 0 Å². The first kappa shape index (κ1) is 61.6. The summed E-state index contributed by atoms with van der Waals surface area (Å²) in [7, 11) is 0. The number of hydrogen-bond acceptors (Lipinski definition) is 6. The topological polar surface area (TPSA) is 78.9 Å². The zero-order chi connectivity index (χ0) is 46.5. The average Bonchev–Trinajstić information content (AvgIpc) is 3.29. The standard InChI is InChI=1S/C58H106O6/c1-4-7-10-13-16-19-21-23-25-27-29-31-32-34-36-39-42-45-48-51-57(60)63-54-55(53-62-56(59)50-47-44-41-38-18-15-12-9-6-3)64-58(61)52-49-46-43-40-37-35-33-30-28-26-24-22-20-17-14-11-8-5-2/h7,10,16,19,23,25,55H,4-6,8-9,11-15,17-18,20-22,24,26-54H2,1-3H3/b10-7-,19-16-,25-23-. The van der Waals surface area contributed by atoms with Gasteiger partial charge < -0.3 is 14.2 Å². The molecule has 0 saturated heterocycles. The van der Waals surface area contributed by atoms with Gasteiger partial charge >= 0.3 is 17.9 Å². The maximum atomic E-state index is 12.8. The van der Waals surface area contributed by atoms with E-state index < -0.39 is 6.10 Å². The van der Waals surface area contributed by atoms with Crippen LogP contribution in [0.4, 0.5) is 0 Å². The van der Waals surface area contributed by atoms with Crippen LogP contribution in [-0.4, -0.2) is 37.2 Å². The van der Waals surface area contributed by atoms with Crippen molar-refractivity contribution < 1.29 is 28.6 Å². The molecule has 0 amide bonds. The molecule has 0 aromatic rings. The summed E-state index contributed by atoms with van der Waals surface area (Å²) >= 11 is 0. The van der Waals surface area contributed by atoms with Crippen molar-refractivity contribution in [3.8, 4) is 0 Å². The molecule has 0 rings (SSSR count). The van der Waals surface area contributed by atoms with Crippen molar-refractivity contribution >= 4 is 17.9 Å². The molecule has 0 fully saturated rings. The number of allylic oxidation sites excluding steroid dienone is 6. The maximum Gasteiger partial charge on any atom is 0.306 e. The van der Waals surface area contributed by atoms with Gasteiger partial charge in [0.15, 0.2) is 6.10 Å². The molecule has 0 saturated carbocycles. The first-order valence-electron chi connectivity index (χ1n) is 28.0. The Morgan fingerprint density at radius 2 is 0.609 bits per heavy atom. The number of ether oxygens (including phenoxy) is 3. The van der Waals surface area contributed by atoms with Gasteiger partial charge in [-0.05, 0) is 51.4 Å². The van der Waals surface area contributed by atoms with Gasteiger partial charge in [0, 0.05) is 19.3 Å². The minimum atomic E-state index is -0.768. The predicted molar refractivity (Wildman–Crippen MR) is 275 cm³/mol. The van der Waals surface area contributed by atoms with Gasteiger partial charge in [-0.1, -0.05) is 263 Å². The van der Waals surface area contributed by atoms with E-state index in [0.717, 1.165) is 77.0 Å². The minimum absolute atomic E-state index is 0.0693. The van der Waals surface area contributed by atoms with E-state index in [0.29, 0.717) is 19.3 Å². The lowest BCUT2D eigenvalue weighted by atomic mass is 10.0. The highest BCUT2D eigenvalue weighted by Gasteiger charge is 2.19. The maximum absolute atomic E-state index is 12.8. The Balaban J connectivity index is 4.25. The van der Waals surface area contributed by atoms with Gasteiger partial charge in [0.2, 0.25) is 0 Å². The van der Waals surface area contributed by atoms with Crippen molar-refractivity contribution in [1.82, 2.24) is 0 Å². The Hall–Kier alpha value is -2.37. The Kier molecular flexibility index (Phi) is 51.3. The number of carbonyl (C=O) groups is 3. The molecule has 1 atom stereocenters. The van der Waals surface area contributed by atoms with E-state index in [-0.39, 0.29) is 31.1 Å². The summed E-state index contributed by atoms with van der Waals surface area (Å²) in [6.45, 7) is 6.55. The van der Waals surface area contributed by atoms with E-state index in [4.69, 9.17) is 14.2 Å². The Labute approximate surface area is 397 Å². The summed E-state index contributed by atoms with van der Waals surface area (Å²) in [4.78, 5) is 38.0. The van der Waals surface area contributed by atoms with Crippen molar-refractivity contribution in [2.45, 2.75) is 303 Å². The van der Waals surface area contributed by atoms with Crippen LogP contribution in [0.3, 0.4) is 0 Å². The summed E-state index contributed by atoms with van der Waals surface area (Å²) in [5.74, 6) is -0.861. The second-order valence-electron chi connectivity index (χ2n) is 18.8. The third-order valence-corrected chi connectivity index (χ3v) is 12.4. The van der Waals surface area contributed by atoms with Crippen LogP contribution in [-0.2, 0) is 28.6 Å². The summed E-state index contributed by atoms with van der Waals surface area (Å²) in [6.07, 6.45) is 62.8. The van der Waals surface area contributed by atoms with Crippen LogP contribution in [0, 0.1) is 0 Å². The molecule has 0 aliphatic rings. The second-order valence-corrected chi connectivity index (χ2v) is 18.8. The molecule has 0 bridgehead atoms. The van der Waals surface area contributed by atoms with Crippen LogP contribution < -0.4 is 0 Å². The van der Waals surface area contributed by atoms with E-state index in [1.165, 1.54) is 180 Å². The van der Waals surface area contributed by atoms with Gasteiger partial charge in [-0.2, -0.15) is 0 Å². The highest BCUT2D eigenvalue weighted by Crippen LogP contribution is 2.17. The number of rotatable bonds is 51. The molecular weight excluding hydrogens is 793 g/mol.